The van der Waals surface area contributed by atoms with Crippen molar-refractivity contribution in [3.05, 3.63) is 71.0 Å². The number of carboxylic acid groups (broad SMARTS) is 1. The molecule has 5 rings (SSSR count). The number of aliphatic carboxylic acids is 1. The molecule has 0 amide bonds. The number of nitrogens with zero attached hydrogens (tertiary/aromatic N) is 1. The molecule has 1 N–H and O–H groups in total. The molecule has 2 aromatic rings. The Kier molecular flexibility index (Phi) is 2.09. The Balaban J connectivity index is 1.88. The van der Waals surface area contributed by atoms with Gasteiger partial charge in [-0.1, -0.05) is 30.4 Å². The average Bonchev–Trinajstić information content (AvgIpc) is 3.22. The van der Waals surface area contributed by atoms with Gasteiger partial charge in [-0.15, -0.1) is 0 Å². The molecule has 3 nitrogen and oxygen atoms in total. The second kappa shape index (κ2) is 3.89. The minimum atomic E-state index is -0.752. The summed E-state index contributed by atoms with van der Waals surface area (Å²) in [6, 6.07) is 10.3. The zero-order valence-electron chi connectivity index (χ0n) is 11.8. The minimum Gasteiger partial charge on any atom is -0.481 e. The van der Waals surface area contributed by atoms with Crippen LogP contribution in [0.15, 0.2) is 65.3 Å². The first-order valence-electron chi connectivity index (χ1n) is 7.42. The first kappa shape index (κ1) is 11.8. The molecular weight excluding hydrogens is 274 g/mol. The van der Waals surface area contributed by atoms with Gasteiger partial charge >= 0.3 is 5.97 Å². The molecule has 0 radical (unpaired) electrons. The summed E-state index contributed by atoms with van der Waals surface area (Å²) in [5, 5.41) is 10.8. The Morgan fingerprint density at radius 2 is 2.14 bits per heavy atom. The molecule has 3 aliphatic rings. The van der Waals surface area contributed by atoms with Crippen molar-refractivity contribution >= 4 is 28.6 Å². The van der Waals surface area contributed by atoms with Crippen molar-refractivity contribution in [3.8, 4) is 0 Å². The van der Waals surface area contributed by atoms with E-state index in [4.69, 9.17) is 0 Å². The Morgan fingerprint density at radius 1 is 1.27 bits per heavy atom. The van der Waals surface area contributed by atoms with E-state index >= 15 is 0 Å². The number of allylic oxidation sites excluding steroid dienone is 6. The fraction of sp³-hybridized carbons (Fsp3) is 0.105. The zero-order chi connectivity index (χ0) is 14.8. The minimum absolute atomic E-state index is 0.475. The van der Waals surface area contributed by atoms with Crippen LogP contribution in [0.1, 0.15) is 12.1 Å². The third-order valence-corrected chi connectivity index (χ3v) is 4.70. The maximum atomic E-state index is 11.8. The van der Waals surface area contributed by atoms with Crippen molar-refractivity contribution in [3.63, 3.8) is 0 Å². The topological polar surface area (TPSA) is 42.2 Å². The average molecular weight is 287 g/mol. The van der Waals surface area contributed by atoms with E-state index in [0.29, 0.717) is 6.42 Å². The fourth-order valence-corrected chi connectivity index (χ4v) is 3.61. The van der Waals surface area contributed by atoms with Crippen LogP contribution in [0.4, 0.5) is 0 Å². The van der Waals surface area contributed by atoms with Crippen LogP contribution in [-0.4, -0.2) is 15.6 Å². The smallest absolute Gasteiger partial charge is 0.311 e. The summed E-state index contributed by atoms with van der Waals surface area (Å²) in [5.74, 6) is -1.23. The van der Waals surface area contributed by atoms with Gasteiger partial charge < -0.3 is 9.67 Å². The molecule has 1 aromatic carbocycles. The maximum Gasteiger partial charge on any atom is 0.311 e. The molecule has 2 heterocycles. The molecule has 1 atom stereocenters. The Bertz CT molecular complexity index is 982. The van der Waals surface area contributed by atoms with Crippen molar-refractivity contribution in [2.24, 2.45) is 5.92 Å². The van der Waals surface area contributed by atoms with Crippen LogP contribution in [0.3, 0.4) is 0 Å². The molecule has 106 valence electrons. The van der Waals surface area contributed by atoms with E-state index in [1.165, 1.54) is 11.1 Å². The van der Waals surface area contributed by atoms with Crippen LogP contribution < -0.4 is 0 Å². The van der Waals surface area contributed by atoms with Gasteiger partial charge in [0, 0.05) is 11.6 Å². The summed E-state index contributed by atoms with van der Waals surface area (Å²) in [6.07, 6.45) is 8.86. The van der Waals surface area contributed by atoms with E-state index < -0.39 is 11.9 Å². The molecular formula is C19H13NO2. The monoisotopic (exact) mass is 287 g/mol. The number of carboxylic acids is 1. The lowest BCUT2D eigenvalue weighted by molar-refractivity contribution is -0.139. The first-order chi connectivity index (χ1) is 10.7. The number of aromatic nitrogens is 1. The largest absolute Gasteiger partial charge is 0.481 e. The van der Waals surface area contributed by atoms with Gasteiger partial charge in [-0.2, -0.15) is 0 Å². The second-order valence-corrected chi connectivity index (χ2v) is 5.96. The third kappa shape index (κ3) is 1.43. The summed E-state index contributed by atoms with van der Waals surface area (Å²) >= 11 is 0. The third-order valence-electron chi connectivity index (χ3n) is 4.70. The van der Waals surface area contributed by atoms with Gasteiger partial charge in [0.25, 0.3) is 0 Å². The van der Waals surface area contributed by atoms with Crippen molar-refractivity contribution in [2.45, 2.75) is 6.42 Å². The van der Waals surface area contributed by atoms with Crippen molar-refractivity contribution in [1.29, 1.82) is 0 Å². The lowest BCUT2D eigenvalue weighted by Gasteiger charge is -2.21. The van der Waals surface area contributed by atoms with E-state index in [1.807, 2.05) is 18.2 Å². The van der Waals surface area contributed by atoms with Crippen LogP contribution in [0.25, 0.3) is 22.7 Å². The van der Waals surface area contributed by atoms with Crippen LogP contribution >= 0.6 is 0 Å². The highest BCUT2D eigenvalue weighted by Crippen LogP contribution is 2.48. The van der Waals surface area contributed by atoms with Gasteiger partial charge in [-0.3, -0.25) is 4.79 Å². The number of carbonyl (C=O) groups is 1. The van der Waals surface area contributed by atoms with Gasteiger partial charge in [-0.25, -0.2) is 0 Å². The van der Waals surface area contributed by atoms with E-state index in [9.17, 15) is 9.90 Å². The summed E-state index contributed by atoms with van der Waals surface area (Å²) in [5.41, 5.74) is 6.53. The molecule has 0 saturated heterocycles. The van der Waals surface area contributed by atoms with Crippen LogP contribution in [0, 0.1) is 5.92 Å². The van der Waals surface area contributed by atoms with E-state index in [1.54, 1.807) is 0 Å². The number of fused-ring (bicyclic) bond motifs is 6. The van der Waals surface area contributed by atoms with Crippen molar-refractivity contribution in [2.75, 3.05) is 0 Å². The lowest BCUT2D eigenvalue weighted by atomic mass is 9.84. The molecule has 0 fully saturated rings. The lowest BCUT2D eigenvalue weighted by Crippen LogP contribution is -2.19. The van der Waals surface area contributed by atoms with Crippen LogP contribution in [0.5, 0.6) is 0 Å². The molecule has 0 bridgehead atoms. The van der Waals surface area contributed by atoms with Gasteiger partial charge in [0.05, 0.1) is 17.1 Å². The molecule has 1 aliphatic heterocycles. The fourth-order valence-electron chi connectivity index (χ4n) is 3.61. The van der Waals surface area contributed by atoms with E-state index in [-0.39, 0.29) is 0 Å². The molecule has 0 spiro atoms. The molecule has 0 saturated carbocycles. The highest BCUT2D eigenvalue weighted by atomic mass is 16.4. The maximum absolute atomic E-state index is 11.8. The van der Waals surface area contributed by atoms with Gasteiger partial charge in [0.2, 0.25) is 0 Å². The number of hydrogen-bond acceptors (Lipinski definition) is 1. The normalized spacial score (nSPS) is 21.5. The predicted molar refractivity (Wildman–Crippen MR) is 86.1 cm³/mol. The predicted octanol–water partition coefficient (Wildman–Crippen LogP) is 3.85. The van der Waals surface area contributed by atoms with Gasteiger partial charge in [0.15, 0.2) is 0 Å². The standard InChI is InChI=1S/C19H13NO2/c21-19(22)14-6-3-5-13-15-8-12(15)10-20-16-7-2-1-4-11(16)9-17(20)18(13)14/h1-5,7-10,14H,6H2,(H,21,22). The van der Waals surface area contributed by atoms with Gasteiger partial charge in [-0.05, 0) is 46.9 Å². The number of hydrogen-bond donors (Lipinski definition) is 1. The number of benzene rings is 1. The molecule has 1 aromatic heterocycles. The molecule has 1 unspecified atom stereocenters. The van der Waals surface area contributed by atoms with Crippen LogP contribution in [-0.2, 0) is 4.79 Å². The molecule has 2 aliphatic carbocycles. The molecule has 3 heteroatoms. The van der Waals surface area contributed by atoms with E-state index in [0.717, 1.165) is 27.7 Å². The summed E-state index contributed by atoms with van der Waals surface area (Å²) < 4.78 is 2.14. The summed E-state index contributed by atoms with van der Waals surface area (Å²) in [7, 11) is 0. The van der Waals surface area contributed by atoms with E-state index in [2.05, 4.69) is 41.1 Å². The second-order valence-electron chi connectivity index (χ2n) is 5.96. The highest BCUT2D eigenvalue weighted by Gasteiger charge is 2.35. The number of para-hydroxylation sites is 1. The zero-order valence-corrected chi connectivity index (χ0v) is 11.8. The summed E-state index contributed by atoms with van der Waals surface area (Å²) in [6.45, 7) is 0. The van der Waals surface area contributed by atoms with Crippen LogP contribution in [0.2, 0.25) is 0 Å². The van der Waals surface area contributed by atoms with Crippen molar-refractivity contribution in [1.82, 2.24) is 4.57 Å². The van der Waals surface area contributed by atoms with Crippen molar-refractivity contribution < 1.29 is 9.90 Å². The number of rotatable bonds is 1. The SMILES string of the molecule is O=C(O)C1CC=CC2=C1c1cc3ccccc3n1C=C1C=C12. The highest BCUT2D eigenvalue weighted by molar-refractivity contribution is 6.00. The summed E-state index contributed by atoms with van der Waals surface area (Å²) in [4.78, 5) is 11.8. The quantitative estimate of drug-likeness (QED) is 0.865. The van der Waals surface area contributed by atoms with Gasteiger partial charge in [0.1, 0.15) is 0 Å². The molecule has 22 heavy (non-hydrogen) atoms. The Hall–Kier alpha value is -2.81. The Labute approximate surface area is 127 Å². The Morgan fingerprint density at radius 3 is 3.00 bits per heavy atom. The first-order valence-corrected chi connectivity index (χ1v) is 7.42.